The number of phosphoric ester groups is 4. The maximum Gasteiger partial charge on any atom is 0.472 e. The first kappa shape index (κ1) is 69.3. The zero-order chi connectivity index (χ0) is 54.6. The summed E-state index contributed by atoms with van der Waals surface area (Å²) in [6, 6.07) is 0. The predicted octanol–water partition coefficient (Wildman–Crippen LogP) is 9.52. The third-order valence-corrected chi connectivity index (χ3v) is 13.9. The molecule has 0 radical (unpaired) electrons. The Hall–Kier alpha value is -1.74. The lowest BCUT2D eigenvalue weighted by atomic mass is 9.85. The molecule has 1 saturated carbocycles. The fraction of sp³-hybridized carbons (Fsp3) is 0.787. The summed E-state index contributed by atoms with van der Waals surface area (Å²) >= 11 is 0. The van der Waals surface area contributed by atoms with E-state index in [1.54, 1.807) is 0 Å². The number of aliphatic hydroxyl groups is 2. The Bertz CT molecular complexity index is 1770. The van der Waals surface area contributed by atoms with Gasteiger partial charge >= 0.3 is 43.2 Å². The Morgan fingerprint density at radius 3 is 1.25 bits per heavy atom. The molecule has 0 aliphatic heterocycles. The fourth-order valence-electron chi connectivity index (χ4n) is 7.66. The molecule has 1 aliphatic rings. The first-order valence-electron chi connectivity index (χ1n) is 25.7. The average Bonchev–Trinajstić information content (AvgIpc) is 3.30. The number of carbonyl (C=O) groups is 2. The molecular weight excluding hydrogens is 1040 g/mol. The zero-order valence-corrected chi connectivity index (χ0v) is 46.2. The molecule has 0 aromatic carbocycles. The molecule has 26 heteroatoms. The standard InChI is InChI=1S/C47H86O22P4/c1-3-5-7-9-11-13-15-17-19-20-22-24-26-28-30-32-34-36-41(49)65-39(37-63-40(48)35-33-31-29-27-25-23-21-18-16-14-12-10-8-6-4-2)38-64-73(61,62)69-44-42(50)45(66-70(52,53)54)47(68-72(58,59)60)46(43(44)51)67-71(55,56)57/h11,13,17,19,22,24,28,30,39,42-47,50-51H,3-10,12,14-16,18,20-21,23,25-27,29,31-38H2,1-2H3,(H,61,62)(H2,52,53,54)(H2,55,56,57)(H2,58,59,60)/b13-11-,19-17-,24-22-,30-28-/t39-,42?,43?,44-,45+,46?,47?/m1/s1. The van der Waals surface area contributed by atoms with Gasteiger partial charge in [-0.1, -0.05) is 165 Å². The van der Waals surface area contributed by atoms with Gasteiger partial charge in [0.15, 0.2) is 6.10 Å². The molecule has 8 atom stereocenters. The summed E-state index contributed by atoms with van der Waals surface area (Å²) in [6.45, 7) is 2.70. The number of ether oxygens (including phenoxy) is 2. The van der Waals surface area contributed by atoms with Crippen molar-refractivity contribution in [3.05, 3.63) is 48.6 Å². The lowest BCUT2D eigenvalue weighted by Gasteiger charge is -2.45. The van der Waals surface area contributed by atoms with Gasteiger partial charge in [-0.15, -0.1) is 0 Å². The Labute approximate surface area is 431 Å². The van der Waals surface area contributed by atoms with Crippen LogP contribution in [0.5, 0.6) is 0 Å². The summed E-state index contributed by atoms with van der Waals surface area (Å²) in [7, 11) is -23.0. The molecule has 22 nitrogen and oxygen atoms in total. The Morgan fingerprint density at radius 1 is 0.438 bits per heavy atom. The minimum Gasteiger partial charge on any atom is -0.462 e. The normalized spacial score (nSPS) is 21.4. The van der Waals surface area contributed by atoms with Crippen molar-refractivity contribution in [1.29, 1.82) is 0 Å². The highest BCUT2D eigenvalue weighted by molar-refractivity contribution is 7.47. The summed E-state index contributed by atoms with van der Waals surface area (Å²) in [5.74, 6) is -1.46. The third kappa shape index (κ3) is 37.6. The zero-order valence-electron chi connectivity index (χ0n) is 42.6. The van der Waals surface area contributed by atoms with E-state index in [1.807, 2.05) is 24.3 Å². The quantitative estimate of drug-likeness (QED) is 0.0119. The summed E-state index contributed by atoms with van der Waals surface area (Å²) in [5, 5.41) is 21.9. The second kappa shape index (κ2) is 39.6. The van der Waals surface area contributed by atoms with Gasteiger partial charge < -0.3 is 53.9 Å². The SMILES string of the molecule is CCCCC/C=C\C/C=C\C/C=C\C/C=C\CCCC(=O)O[C@H](COC(=O)CCCCCCCCCCCCCCCCC)COP(=O)(O)O[C@H]1C(O)C(OP(=O)(O)O)C(OP(=O)(O)O)[C@@H](OP(=O)(O)O)C1O. The number of hydrogen-bond acceptors (Lipinski definition) is 15. The third-order valence-electron chi connectivity index (χ3n) is 11.4. The van der Waals surface area contributed by atoms with E-state index >= 15 is 0 Å². The molecular formula is C47H86O22P4. The monoisotopic (exact) mass is 1130 g/mol. The average molecular weight is 1130 g/mol. The first-order chi connectivity index (χ1) is 34.5. The van der Waals surface area contributed by atoms with Gasteiger partial charge in [0.1, 0.15) is 43.2 Å². The molecule has 1 fully saturated rings. The Balaban J connectivity index is 2.90. The van der Waals surface area contributed by atoms with Gasteiger partial charge in [-0.05, 0) is 51.4 Å². The molecule has 0 spiro atoms. The van der Waals surface area contributed by atoms with Crippen molar-refractivity contribution < 1.29 is 104 Å². The molecule has 0 amide bonds. The molecule has 426 valence electrons. The minimum atomic E-state index is -5.80. The highest BCUT2D eigenvalue weighted by atomic mass is 31.2. The van der Waals surface area contributed by atoms with Crippen LogP contribution in [0.15, 0.2) is 48.6 Å². The second-order valence-corrected chi connectivity index (χ2v) is 23.0. The highest BCUT2D eigenvalue weighted by Gasteiger charge is 2.59. The maximum absolute atomic E-state index is 13.3. The van der Waals surface area contributed by atoms with E-state index in [0.29, 0.717) is 25.7 Å². The molecule has 0 heterocycles. The number of allylic oxidation sites excluding steroid dienone is 8. The summed E-state index contributed by atoms with van der Waals surface area (Å²) in [4.78, 5) is 93.0. The molecule has 73 heavy (non-hydrogen) atoms. The maximum atomic E-state index is 13.3. The van der Waals surface area contributed by atoms with Crippen LogP contribution in [0.25, 0.3) is 0 Å². The molecule has 1 aliphatic carbocycles. The number of unbranched alkanes of at least 4 members (excludes halogenated alkanes) is 18. The Kier molecular flexibility index (Phi) is 37.6. The summed E-state index contributed by atoms with van der Waals surface area (Å²) in [6.07, 6.45) is 23.2. The summed E-state index contributed by atoms with van der Waals surface area (Å²) < 4.78 is 82.2. The number of hydrogen-bond donors (Lipinski definition) is 9. The van der Waals surface area contributed by atoms with Gasteiger partial charge in [0.25, 0.3) is 0 Å². The minimum absolute atomic E-state index is 0.0241. The number of carbonyl (C=O) groups excluding carboxylic acids is 2. The van der Waals surface area contributed by atoms with Gasteiger partial charge in [-0.2, -0.15) is 0 Å². The predicted molar refractivity (Wildman–Crippen MR) is 272 cm³/mol. The van der Waals surface area contributed by atoms with Gasteiger partial charge in [-0.3, -0.25) is 32.2 Å². The van der Waals surface area contributed by atoms with Gasteiger partial charge in [0.05, 0.1) is 6.61 Å². The smallest absolute Gasteiger partial charge is 0.462 e. The van der Waals surface area contributed by atoms with Crippen molar-refractivity contribution in [3.8, 4) is 0 Å². The van der Waals surface area contributed by atoms with Crippen LogP contribution in [0, 0.1) is 0 Å². The molecule has 0 bridgehead atoms. The fourth-order valence-corrected chi connectivity index (χ4v) is 10.3. The van der Waals surface area contributed by atoms with Crippen molar-refractivity contribution in [1.82, 2.24) is 0 Å². The topological polar surface area (TPSA) is 349 Å². The molecule has 0 saturated heterocycles. The van der Waals surface area contributed by atoms with Crippen LogP contribution in [0.1, 0.15) is 181 Å². The molecule has 1 rings (SSSR count). The van der Waals surface area contributed by atoms with Gasteiger partial charge in [-0.25, -0.2) is 18.3 Å². The largest absolute Gasteiger partial charge is 0.472 e. The highest BCUT2D eigenvalue weighted by Crippen LogP contribution is 2.53. The summed E-state index contributed by atoms with van der Waals surface area (Å²) in [5.41, 5.74) is 0. The van der Waals surface area contributed by atoms with Crippen molar-refractivity contribution in [2.24, 2.45) is 0 Å². The van der Waals surface area contributed by atoms with Crippen molar-refractivity contribution >= 4 is 43.2 Å². The number of rotatable bonds is 44. The van der Waals surface area contributed by atoms with Crippen LogP contribution in [0.2, 0.25) is 0 Å². The molecule has 0 aromatic rings. The van der Waals surface area contributed by atoms with E-state index in [4.69, 9.17) is 18.5 Å². The van der Waals surface area contributed by atoms with Crippen molar-refractivity contribution in [2.75, 3.05) is 13.2 Å². The van der Waals surface area contributed by atoms with Crippen LogP contribution in [-0.4, -0.2) is 112 Å². The number of esters is 2. The lowest BCUT2D eigenvalue weighted by Crippen LogP contribution is -2.65. The van der Waals surface area contributed by atoms with E-state index < -0.39 is 99.2 Å². The van der Waals surface area contributed by atoms with Crippen molar-refractivity contribution in [3.63, 3.8) is 0 Å². The molecule has 5 unspecified atom stereocenters. The van der Waals surface area contributed by atoms with E-state index in [1.165, 1.54) is 77.0 Å². The molecule has 9 N–H and O–H groups in total. The van der Waals surface area contributed by atoms with Crippen LogP contribution in [-0.2, 0) is 59.9 Å². The molecule has 0 aromatic heterocycles. The van der Waals surface area contributed by atoms with E-state index in [2.05, 4.69) is 51.7 Å². The number of phosphoric acid groups is 4. The van der Waals surface area contributed by atoms with Gasteiger partial charge in [0.2, 0.25) is 0 Å². The van der Waals surface area contributed by atoms with Crippen LogP contribution < -0.4 is 0 Å². The lowest BCUT2D eigenvalue weighted by molar-refractivity contribution is -0.209. The van der Waals surface area contributed by atoms with Gasteiger partial charge in [0, 0.05) is 12.8 Å². The number of aliphatic hydroxyl groups excluding tert-OH is 2. The second-order valence-electron chi connectivity index (χ2n) is 18.0. The van der Waals surface area contributed by atoms with Crippen LogP contribution >= 0.6 is 31.3 Å². The van der Waals surface area contributed by atoms with E-state index in [-0.39, 0.29) is 12.8 Å². The van der Waals surface area contributed by atoms with Crippen LogP contribution in [0.4, 0.5) is 0 Å². The van der Waals surface area contributed by atoms with Crippen molar-refractivity contribution in [2.45, 2.75) is 224 Å². The van der Waals surface area contributed by atoms with E-state index in [9.17, 15) is 72.3 Å². The van der Waals surface area contributed by atoms with Crippen LogP contribution in [0.3, 0.4) is 0 Å². The Morgan fingerprint density at radius 2 is 0.808 bits per heavy atom. The van der Waals surface area contributed by atoms with E-state index in [0.717, 1.165) is 51.4 Å². The first-order valence-corrected chi connectivity index (χ1v) is 31.8.